The van der Waals surface area contributed by atoms with Crippen LogP contribution in [0.2, 0.25) is 0 Å². The number of hydrogen-bond acceptors (Lipinski definition) is 8. The Kier molecular flexibility index (Phi) is 4.30. The van der Waals surface area contributed by atoms with Gasteiger partial charge in [-0.25, -0.2) is 0 Å². The van der Waals surface area contributed by atoms with Crippen molar-refractivity contribution in [3.8, 4) is 11.4 Å². The van der Waals surface area contributed by atoms with Crippen LogP contribution in [0.5, 0.6) is 0 Å². The molecule has 0 unspecified atom stereocenters. The number of fused-ring (bicyclic) bond motifs is 1. The average Bonchev–Trinajstić information content (AvgIpc) is 3.22. The Labute approximate surface area is 156 Å². The molecule has 0 aliphatic carbocycles. The molecule has 0 amide bonds. The van der Waals surface area contributed by atoms with Crippen molar-refractivity contribution in [2.75, 3.05) is 62.4 Å². The summed E-state index contributed by atoms with van der Waals surface area (Å²) in [5.41, 5.74) is 1.91. The minimum Gasteiger partial charge on any atom is -0.378 e. The Hall–Kier alpha value is -2.78. The molecule has 1 aromatic carbocycles. The summed E-state index contributed by atoms with van der Waals surface area (Å²) in [4.78, 5) is 18.6. The molecule has 0 spiro atoms. The van der Waals surface area contributed by atoms with Crippen LogP contribution in [0.15, 0.2) is 24.4 Å². The number of morpholine rings is 2. The molecule has 9 nitrogen and oxygen atoms in total. The lowest BCUT2D eigenvalue weighted by Crippen LogP contribution is -2.40. The van der Waals surface area contributed by atoms with E-state index in [1.807, 2.05) is 24.4 Å². The second-order valence-electron chi connectivity index (χ2n) is 6.63. The molecule has 4 heterocycles. The van der Waals surface area contributed by atoms with E-state index in [1.165, 1.54) is 0 Å². The van der Waals surface area contributed by atoms with E-state index in [9.17, 15) is 0 Å². The number of anilines is 2. The third-order valence-electron chi connectivity index (χ3n) is 4.90. The molecule has 2 aliphatic heterocycles. The first-order valence-corrected chi connectivity index (χ1v) is 9.22. The van der Waals surface area contributed by atoms with Gasteiger partial charge in [0.2, 0.25) is 11.9 Å². The van der Waals surface area contributed by atoms with E-state index >= 15 is 0 Å². The van der Waals surface area contributed by atoms with E-state index in [2.05, 4.69) is 20.0 Å². The molecule has 2 aromatic heterocycles. The number of ether oxygens (including phenoxy) is 2. The first-order valence-electron chi connectivity index (χ1n) is 9.22. The first kappa shape index (κ1) is 16.4. The van der Waals surface area contributed by atoms with Gasteiger partial charge in [-0.15, -0.1) is 0 Å². The van der Waals surface area contributed by atoms with Crippen LogP contribution in [0.25, 0.3) is 22.3 Å². The molecule has 2 saturated heterocycles. The molecule has 3 aromatic rings. The molecular formula is C18H21N7O2. The molecule has 2 fully saturated rings. The van der Waals surface area contributed by atoms with Gasteiger partial charge in [0.15, 0.2) is 5.82 Å². The highest BCUT2D eigenvalue weighted by Crippen LogP contribution is 2.25. The number of aromatic amines is 1. The summed E-state index contributed by atoms with van der Waals surface area (Å²) >= 11 is 0. The van der Waals surface area contributed by atoms with Crippen molar-refractivity contribution in [1.29, 1.82) is 0 Å². The van der Waals surface area contributed by atoms with Crippen LogP contribution in [0.3, 0.4) is 0 Å². The van der Waals surface area contributed by atoms with E-state index < -0.39 is 0 Å². The molecule has 140 valence electrons. The van der Waals surface area contributed by atoms with Gasteiger partial charge in [-0.05, 0) is 6.07 Å². The third-order valence-corrected chi connectivity index (χ3v) is 4.90. The van der Waals surface area contributed by atoms with E-state index in [0.29, 0.717) is 44.1 Å². The van der Waals surface area contributed by atoms with Gasteiger partial charge in [0.25, 0.3) is 0 Å². The van der Waals surface area contributed by atoms with E-state index in [-0.39, 0.29) is 0 Å². The second-order valence-corrected chi connectivity index (χ2v) is 6.63. The van der Waals surface area contributed by atoms with Crippen LogP contribution in [-0.4, -0.2) is 77.8 Å². The SMILES string of the molecule is c1cc2cn[nH]c2cc1-c1nc(N2CCOCC2)nc(N2CCOCC2)n1. The first-order chi connectivity index (χ1) is 13.4. The minimum absolute atomic E-state index is 0.671. The fraction of sp³-hybridized carbons (Fsp3) is 0.444. The number of nitrogens with zero attached hydrogens (tertiary/aromatic N) is 6. The number of nitrogens with one attached hydrogen (secondary N) is 1. The normalized spacial score (nSPS) is 18.2. The van der Waals surface area contributed by atoms with Crippen LogP contribution in [0.1, 0.15) is 0 Å². The number of benzene rings is 1. The smallest absolute Gasteiger partial charge is 0.230 e. The fourth-order valence-corrected chi connectivity index (χ4v) is 3.37. The maximum atomic E-state index is 5.47. The van der Waals surface area contributed by atoms with Crippen molar-refractivity contribution in [2.45, 2.75) is 0 Å². The topological polar surface area (TPSA) is 92.3 Å². The van der Waals surface area contributed by atoms with E-state index in [1.54, 1.807) is 0 Å². The molecule has 0 radical (unpaired) electrons. The summed E-state index contributed by atoms with van der Waals surface area (Å²) in [6.45, 7) is 5.89. The summed E-state index contributed by atoms with van der Waals surface area (Å²) in [6.07, 6.45) is 1.81. The minimum atomic E-state index is 0.671. The molecule has 0 atom stereocenters. The Morgan fingerprint density at radius 3 is 2.07 bits per heavy atom. The largest absolute Gasteiger partial charge is 0.378 e. The zero-order valence-electron chi connectivity index (χ0n) is 15.0. The molecule has 1 N–H and O–H groups in total. The van der Waals surface area contributed by atoms with E-state index in [4.69, 9.17) is 24.4 Å². The van der Waals surface area contributed by atoms with Crippen LogP contribution in [-0.2, 0) is 9.47 Å². The molecule has 2 aliphatic rings. The van der Waals surface area contributed by atoms with Gasteiger partial charge < -0.3 is 19.3 Å². The van der Waals surface area contributed by atoms with Crippen LogP contribution in [0, 0.1) is 0 Å². The van der Waals surface area contributed by atoms with Gasteiger partial charge >= 0.3 is 0 Å². The Morgan fingerprint density at radius 2 is 1.44 bits per heavy atom. The predicted molar refractivity (Wildman–Crippen MR) is 101 cm³/mol. The van der Waals surface area contributed by atoms with Crippen LogP contribution >= 0.6 is 0 Å². The molecule has 5 rings (SSSR count). The molecule has 9 heteroatoms. The van der Waals surface area contributed by atoms with Crippen molar-refractivity contribution >= 4 is 22.8 Å². The molecule has 0 bridgehead atoms. The summed E-state index contributed by atoms with van der Waals surface area (Å²) in [5, 5.41) is 8.17. The van der Waals surface area contributed by atoms with Gasteiger partial charge in [-0.1, -0.05) is 12.1 Å². The summed E-state index contributed by atoms with van der Waals surface area (Å²) in [7, 11) is 0. The lowest BCUT2D eigenvalue weighted by atomic mass is 10.1. The lowest BCUT2D eigenvalue weighted by molar-refractivity contribution is 0.121. The molecular weight excluding hydrogens is 346 g/mol. The quantitative estimate of drug-likeness (QED) is 0.735. The highest BCUT2D eigenvalue weighted by Gasteiger charge is 2.21. The summed E-state index contributed by atoms with van der Waals surface area (Å²) in [6, 6.07) is 6.09. The molecule has 0 saturated carbocycles. The number of rotatable bonds is 3. The van der Waals surface area contributed by atoms with Crippen molar-refractivity contribution in [3.05, 3.63) is 24.4 Å². The summed E-state index contributed by atoms with van der Waals surface area (Å²) < 4.78 is 10.9. The standard InChI is InChI=1S/C18H21N7O2/c1-2-14-12-19-23-15(14)11-13(1)16-20-17(24-3-7-26-8-4-24)22-18(21-16)25-5-9-27-10-6-25/h1-2,11-12H,3-10H2,(H,19,23). The van der Waals surface area contributed by atoms with Crippen LogP contribution in [0.4, 0.5) is 11.9 Å². The number of H-pyrrole nitrogens is 1. The lowest BCUT2D eigenvalue weighted by Gasteiger charge is -2.30. The number of aromatic nitrogens is 5. The highest BCUT2D eigenvalue weighted by molar-refractivity contribution is 5.82. The van der Waals surface area contributed by atoms with Crippen molar-refractivity contribution in [2.24, 2.45) is 0 Å². The van der Waals surface area contributed by atoms with Crippen molar-refractivity contribution in [3.63, 3.8) is 0 Å². The Morgan fingerprint density at radius 1 is 0.815 bits per heavy atom. The molecule has 27 heavy (non-hydrogen) atoms. The zero-order valence-corrected chi connectivity index (χ0v) is 15.0. The Bertz CT molecular complexity index is 896. The van der Waals surface area contributed by atoms with Gasteiger partial charge in [0, 0.05) is 37.1 Å². The van der Waals surface area contributed by atoms with Gasteiger partial charge in [0.1, 0.15) is 0 Å². The fourth-order valence-electron chi connectivity index (χ4n) is 3.37. The second kappa shape index (κ2) is 7.09. The average molecular weight is 367 g/mol. The Balaban J connectivity index is 1.57. The highest BCUT2D eigenvalue weighted by atomic mass is 16.5. The van der Waals surface area contributed by atoms with Gasteiger partial charge in [-0.3, -0.25) is 5.10 Å². The van der Waals surface area contributed by atoms with Crippen LogP contribution < -0.4 is 9.80 Å². The monoisotopic (exact) mass is 367 g/mol. The third kappa shape index (κ3) is 3.31. The predicted octanol–water partition coefficient (Wildman–Crippen LogP) is 1.09. The van der Waals surface area contributed by atoms with Gasteiger partial charge in [-0.2, -0.15) is 20.1 Å². The van der Waals surface area contributed by atoms with E-state index in [0.717, 1.165) is 42.6 Å². The van der Waals surface area contributed by atoms with Crippen molar-refractivity contribution in [1.82, 2.24) is 25.1 Å². The zero-order chi connectivity index (χ0) is 18.1. The van der Waals surface area contributed by atoms with Crippen molar-refractivity contribution < 1.29 is 9.47 Å². The number of hydrogen-bond donors (Lipinski definition) is 1. The summed E-state index contributed by atoms with van der Waals surface area (Å²) in [5.74, 6) is 2.08. The maximum absolute atomic E-state index is 5.47. The maximum Gasteiger partial charge on any atom is 0.230 e. The van der Waals surface area contributed by atoms with Gasteiger partial charge in [0.05, 0.1) is 38.1 Å².